The molecule has 1 amide bonds. The number of ketones is 1. The number of benzene rings is 2. The minimum atomic E-state index is -0.249. The third-order valence-corrected chi connectivity index (χ3v) is 4.43. The highest BCUT2D eigenvalue weighted by Crippen LogP contribution is 2.20. The van der Waals surface area contributed by atoms with E-state index >= 15 is 0 Å². The number of hydrogen-bond donors (Lipinski definition) is 0. The summed E-state index contributed by atoms with van der Waals surface area (Å²) in [5.41, 5.74) is 1.12. The highest BCUT2D eigenvalue weighted by atomic mass is 19.1. The Morgan fingerprint density at radius 1 is 1.04 bits per heavy atom. The van der Waals surface area contributed by atoms with Crippen LogP contribution < -0.4 is 9.64 Å². The molecule has 0 spiro atoms. The Morgan fingerprint density at radius 3 is 2.46 bits per heavy atom. The fourth-order valence-electron chi connectivity index (χ4n) is 2.95. The molecule has 1 aliphatic heterocycles. The second-order valence-corrected chi connectivity index (χ2v) is 6.19. The summed E-state index contributed by atoms with van der Waals surface area (Å²) in [4.78, 5) is 27.4. The van der Waals surface area contributed by atoms with E-state index in [4.69, 9.17) is 4.74 Å². The Balaban J connectivity index is 1.52. The lowest BCUT2D eigenvalue weighted by atomic mass is 10.1. The first-order valence-electron chi connectivity index (χ1n) is 8.55. The highest BCUT2D eigenvalue weighted by molar-refractivity contribution is 5.94. The molecule has 3 rings (SSSR count). The zero-order valence-corrected chi connectivity index (χ0v) is 14.7. The van der Waals surface area contributed by atoms with Gasteiger partial charge in [0.2, 0.25) is 0 Å². The van der Waals surface area contributed by atoms with Gasteiger partial charge in [-0.2, -0.15) is 0 Å². The van der Waals surface area contributed by atoms with Gasteiger partial charge in [0.1, 0.15) is 11.6 Å². The van der Waals surface area contributed by atoms with E-state index < -0.39 is 0 Å². The molecule has 1 fully saturated rings. The molecule has 1 saturated heterocycles. The monoisotopic (exact) mass is 356 g/mol. The number of carbonyl (C=O) groups is 2. The summed E-state index contributed by atoms with van der Waals surface area (Å²) in [6.45, 7) is 3.59. The van der Waals surface area contributed by atoms with E-state index in [-0.39, 0.29) is 24.1 Å². The minimum absolute atomic E-state index is 0.0500. The molecule has 136 valence electrons. The fraction of sp³-hybridized carbons (Fsp3) is 0.300. The number of halogens is 1. The first-order chi connectivity index (χ1) is 12.5. The molecule has 6 heteroatoms. The molecular formula is C20H21FN2O3. The summed E-state index contributed by atoms with van der Waals surface area (Å²) < 4.78 is 19.4. The molecule has 2 aromatic carbocycles. The van der Waals surface area contributed by atoms with Gasteiger partial charge in [0, 0.05) is 31.7 Å². The quantitative estimate of drug-likeness (QED) is 0.773. The van der Waals surface area contributed by atoms with Gasteiger partial charge in [-0.15, -0.1) is 0 Å². The number of carbonyl (C=O) groups excluding carboxylic acids is 2. The fourth-order valence-corrected chi connectivity index (χ4v) is 2.95. The van der Waals surface area contributed by atoms with Crippen molar-refractivity contribution in [1.29, 1.82) is 0 Å². The van der Waals surface area contributed by atoms with Gasteiger partial charge in [-0.25, -0.2) is 4.39 Å². The molecular weight excluding hydrogens is 335 g/mol. The smallest absolute Gasteiger partial charge is 0.260 e. The number of rotatable bonds is 5. The maximum atomic E-state index is 13.9. The van der Waals surface area contributed by atoms with Crippen LogP contribution in [0.25, 0.3) is 0 Å². The number of Topliss-reactive ketones (excluding diaryl/α,β-unsaturated/α-hetero) is 1. The first-order valence-corrected chi connectivity index (χ1v) is 8.55. The lowest BCUT2D eigenvalue weighted by Crippen LogP contribution is -2.50. The SMILES string of the molecule is CC(=O)c1cccc(OCC(=O)N2CCN(c3ccccc3F)CC2)c1. The van der Waals surface area contributed by atoms with Crippen LogP contribution in [0.3, 0.4) is 0 Å². The third-order valence-electron chi connectivity index (χ3n) is 4.43. The average Bonchev–Trinajstić information content (AvgIpc) is 2.67. The molecule has 1 heterocycles. The van der Waals surface area contributed by atoms with Crippen LogP contribution in [0.5, 0.6) is 5.75 Å². The van der Waals surface area contributed by atoms with Gasteiger partial charge in [-0.3, -0.25) is 9.59 Å². The van der Waals surface area contributed by atoms with Crippen LogP contribution in [0.15, 0.2) is 48.5 Å². The molecule has 2 aromatic rings. The zero-order valence-electron chi connectivity index (χ0n) is 14.7. The number of piperazine rings is 1. The van der Waals surface area contributed by atoms with Gasteiger partial charge >= 0.3 is 0 Å². The minimum Gasteiger partial charge on any atom is -0.484 e. The second-order valence-electron chi connectivity index (χ2n) is 6.19. The lowest BCUT2D eigenvalue weighted by molar-refractivity contribution is -0.133. The molecule has 0 aromatic heterocycles. The number of ether oxygens (including phenoxy) is 1. The Bertz CT molecular complexity index is 801. The van der Waals surface area contributed by atoms with Crippen molar-refractivity contribution in [3.8, 4) is 5.75 Å². The predicted molar refractivity (Wildman–Crippen MR) is 97.1 cm³/mol. The molecule has 0 N–H and O–H groups in total. The second kappa shape index (κ2) is 7.99. The summed E-state index contributed by atoms with van der Waals surface area (Å²) in [6, 6.07) is 13.4. The third kappa shape index (κ3) is 4.20. The maximum Gasteiger partial charge on any atom is 0.260 e. The molecule has 0 saturated carbocycles. The number of para-hydroxylation sites is 1. The van der Waals surface area contributed by atoms with Crippen molar-refractivity contribution in [1.82, 2.24) is 4.90 Å². The van der Waals surface area contributed by atoms with E-state index in [0.29, 0.717) is 43.2 Å². The molecule has 0 radical (unpaired) electrons. The predicted octanol–water partition coefficient (Wildman–Crippen LogP) is 2.76. The maximum absolute atomic E-state index is 13.9. The Kier molecular flexibility index (Phi) is 5.51. The van der Waals surface area contributed by atoms with Crippen LogP contribution in [0.2, 0.25) is 0 Å². The number of nitrogens with zero attached hydrogens (tertiary/aromatic N) is 2. The number of amides is 1. The van der Waals surface area contributed by atoms with E-state index in [9.17, 15) is 14.0 Å². The largest absolute Gasteiger partial charge is 0.484 e. The van der Waals surface area contributed by atoms with E-state index in [1.165, 1.54) is 13.0 Å². The van der Waals surface area contributed by atoms with Crippen molar-refractivity contribution in [3.05, 3.63) is 59.9 Å². The van der Waals surface area contributed by atoms with E-state index in [1.54, 1.807) is 47.4 Å². The Morgan fingerprint density at radius 2 is 1.77 bits per heavy atom. The van der Waals surface area contributed by atoms with Gasteiger partial charge < -0.3 is 14.5 Å². The first kappa shape index (κ1) is 17.9. The van der Waals surface area contributed by atoms with Crippen molar-refractivity contribution < 1.29 is 18.7 Å². The average molecular weight is 356 g/mol. The summed E-state index contributed by atoms with van der Waals surface area (Å²) in [5, 5.41) is 0. The van der Waals surface area contributed by atoms with Crippen molar-refractivity contribution in [2.75, 3.05) is 37.7 Å². The van der Waals surface area contributed by atoms with Crippen molar-refractivity contribution in [2.45, 2.75) is 6.92 Å². The van der Waals surface area contributed by atoms with Crippen LogP contribution in [0.4, 0.5) is 10.1 Å². The summed E-state index contributed by atoms with van der Waals surface area (Å²) in [7, 11) is 0. The van der Waals surface area contributed by atoms with Crippen LogP contribution >= 0.6 is 0 Å². The van der Waals surface area contributed by atoms with Gasteiger partial charge in [0.05, 0.1) is 5.69 Å². The molecule has 26 heavy (non-hydrogen) atoms. The normalized spacial score (nSPS) is 14.2. The summed E-state index contributed by atoms with van der Waals surface area (Å²) >= 11 is 0. The molecule has 0 unspecified atom stereocenters. The van der Waals surface area contributed by atoms with Crippen LogP contribution in [0, 0.1) is 5.82 Å². The Labute approximate surface area is 152 Å². The number of anilines is 1. The van der Waals surface area contributed by atoms with Gasteiger partial charge in [0.15, 0.2) is 12.4 Å². The van der Waals surface area contributed by atoms with Gasteiger partial charge in [-0.05, 0) is 31.2 Å². The standard InChI is InChI=1S/C20H21FN2O3/c1-15(24)16-5-4-6-17(13-16)26-14-20(25)23-11-9-22(10-12-23)19-8-3-2-7-18(19)21/h2-8,13H,9-12,14H2,1H3. The molecule has 0 atom stereocenters. The van der Waals surface area contributed by atoms with Crippen LogP contribution in [0.1, 0.15) is 17.3 Å². The topological polar surface area (TPSA) is 49.9 Å². The van der Waals surface area contributed by atoms with E-state index in [2.05, 4.69) is 0 Å². The van der Waals surface area contributed by atoms with E-state index in [0.717, 1.165) is 0 Å². The van der Waals surface area contributed by atoms with Crippen molar-refractivity contribution in [2.24, 2.45) is 0 Å². The number of hydrogen-bond acceptors (Lipinski definition) is 4. The molecule has 5 nitrogen and oxygen atoms in total. The molecule has 0 bridgehead atoms. The molecule has 1 aliphatic rings. The van der Waals surface area contributed by atoms with E-state index in [1.807, 2.05) is 4.90 Å². The van der Waals surface area contributed by atoms with Crippen LogP contribution in [-0.2, 0) is 4.79 Å². The van der Waals surface area contributed by atoms with Crippen molar-refractivity contribution >= 4 is 17.4 Å². The highest BCUT2D eigenvalue weighted by Gasteiger charge is 2.22. The summed E-state index contributed by atoms with van der Waals surface area (Å²) in [5.74, 6) is 0.0782. The van der Waals surface area contributed by atoms with Crippen LogP contribution in [-0.4, -0.2) is 49.4 Å². The zero-order chi connectivity index (χ0) is 18.5. The molecule has 0 aliphatic carbocycles. The van der Waals surface area contributed by atoms with Gasteiger partial charge in [0.25, 0.3) is 5.91 Å². The van der Waals surface area contributed by atoms with Crippen molar-refractivity contribution in [3.63, 3.8) is 0 Å². The summed E-state index contributed by atoms with van der Waals surface area (Å²) in [6.07, 6.45) is 0. The Hall–Kier alpha value is -2.89. The van der Waals surface area contributed by atoms with Gasteiger partial charge in [-0.1, -0.05) is 24.3 Å². The lowest BCUT2D eigenvalue weighted by Gasteiger charge is -2.36.